The molecule has 0 aliphatic rings. The van der Waals surface area contributed by atoms with Gasteiger partial charge in [-0.2, -0.15) is 5.10 Å². The number of nitrogens with one attached hydrogen (secondary N) is 1. The normalized spacial score (nSPS) is 11.2. The number of aromatic nitrogens is 4. The van der Waals surface area contributed by atoms with Gasteiger partial charge in [-0.3, -0.25) is 9.89 Å². The van der Waals surface area contributed by atoms with Crippen molar-refractivity contribution in [2.24, 2.45) is 0 Å². The van der Waals surface area contributed by atoms with Crippen molar-refractivity contribution in [3.05, 3.63) is 30.2 Å². The van der Waals surface area contributed by atoms with Crippen LogP contribution in [0.1, 0.15) is 30.4 Å². The summed E-state index contributed by atoms with van der Waals surface area (Å²) in [4.78, 5) is 18.3. The van der Waals surface area contributed by atoms with Crippen LogP contribution in [0.2, 0.25) is 0 Å². The van der Waals surface area contributed by atoms with E-state index >= 15 is 0 Å². The number of rotatable bonds is 4. The average molecular weight is 327 g/mol. The molecule has 24 heavy (non-hydrogen) atoms. The quantitative estimate of drug-likeness (QED) is 0.799. The number of hydrogen-bond acceptors (Lipinski definition) is 4. The summed E-state index contributed by atoms with van der Waals surface area (Å²) in [5, 5.41) is 8.22. The van der Waals surface area contributed by atoms with Crippen LogP contribution >= 0.6 is 0 Å². The van der Waals surface area contributed by atoms with E-state index in [9.17, 15) is 4.79 Å². The van der Waals surface area contributed by atoms with Crippen molar-refractivity contribution in [2.75, 3.05) is 21.2 Å². The number of methoxy groups -OCH3 is 1. The predicted molar refractivity (Wildman–Crippen MR) is 92.3 cm³/mol. The third-order valence-corrected chi connectivity index (χ3v) is 3.94. The number of carbonyl (C=O) groups is 1. The van der Waals surface area contributed by atoms with E-state index in [2.05, 4.69) is 15.2 Å². The lowest BCUT2D eigenvalue weighted by atomic mass is 10.1. The van der Waals surface area contributed by atoms with Crippen molar-refractivity contribution in [1.29, 1.82) is 0 Å². The Bertz CT molecular complexity index is 892. The molecule has 3 rings (SSSR count). The lowest BCUT2D eigenvalue weighted by Gasteiger charge is -2.15. The molecule has 7 heteroatoms. The van der Waals surface area contributed by atoms with Gasteiger partial charge in [0.05, 0.1) is 18.0 Å². The fourth-order valence-electron chi connectivity index (χ4n) is 2.74. The van der Waals surface area contributed by atoms with E-state index in [0.717, 1.165) is 22.2 Å². The van der Waals surface area contributed by atoms with Gasteiger partial charge in [0.1, 0.15) is 11.4 Å². The molecule has 0 saturated heterocycles. The summed E-state index contributed by atoms with van der Waals surface area (Å²) in [7, 11) is 5.08. The number of fused-ring (bicyclic) bond motifs is 1. The summed E-state index contributed by atoms with van der Waals surface area (Å²) >= 11 is 0. The Kier molecular flexibility index (Phi) is 4.01. The fourth-order valence-corrected chi connectivity index (χ4v) is 2.74. The zero-order valence-electron chi connectivity index (χ0n) is 14.5. The molecule has 0 saturated carbocycles. The molecule has 3 aromatic heterocycles. The van der Waals surface area contributed by atoms with Crippen molar-refractivity contribution in [3.63, 3.8) is 0 Å². The summed E-state index contributed by atoms with van der Waals surface area (Å²) in [5.74, 6) is 0.467. The van der Waals surface area contributed by atoms with Gasteiger partial charge >= 0.3 is 0 Å². The number of ether oxygens (including phenoxy) is 1. The molecular formula is C17H21N5O2. The van der Waals surface area contributed by atoms with Gasteiger partial charge in [-0.1, -0.05) is 0 Å². The molecule has 126 valence electrons. The minimum Gasteiger partial charge on any atom is -0.480 e. The second-order valence-electron chi connectivity index (χ2n) is 6.13. The van der Waals surface area contributed by atoms with E-state index in [1.54, 1.807) is 32.3 Å². The van der Waals surface area contributed by atoms with Gasteiger partial charge in [0.25, 0.3) is 5.91 Å². The number of carbonyl (C=O) groups excluding carboxylic acids is 1. The summed E-state index contributed by atoms with van der Waals surface area (Å²) in [6, 6.07) is 3.87. The van der Waals surface area contributed by atoms with Crippen molar-refractivity contribution in [3.8, 4) is 17.1 Å². The first-order chi connectivity index (χ1) is 11.4. The standard InChI is InChI=1S/C17H21N5O2/c1-10(2)22-9-11(8-13(22)17(23)21(3)4)15-14-12(19-20-15)6-7-18-16(14)24-5/h6-10H,1-5H3,(H,19,20). The molecule has 0 fully saturated rings. The van der Waals surface area contributed by atoms with E-state index in [1.165, 1.54) is 0 Å². The second-order valence-corrected chi connectivity index (χ2v) is 6.13. The van der Waals surface area contributed by atoms with Crippen LogP contribution in [0.5, 0.6) is 5.88 Å². The molecule has 0 aromatic carbocycles. The molecule has 0 spiro atoms. The third-order valence-electron chi connectivity index (χ3n) is 3.94. The molecule has 1 amide bonds. The van der Waals surface area contributed by atoms with E-state index in [4.69, 9.17) is 4.74 Å². The highest BCUT2D eigenvalue weighted by Crippen LogP contribution is 2.33. The second kappa shape index (κ2) is 5.99. The molecule has 3 aromatic rings. The monoisotopic (exact) mass is 327 g/mol. The summed E-state index contributed by atoms with van der Waals surface area (Å²) < 4.78 is 7.32. The number of hydrogen-bond donors (Lipinski definition) is 1. The van der Waals surface area contributed by atoms with Gasteiger partial charge in [-0.05, 0) is 26.0 Å². The van der Waals surface area contributed by atoms with Gasteiger partial charge in [0, 0.05) is 38.1 Å². The smallest absolute Gasteiger partial charge is 0.269 e. The maximum atomic E-state index is 12.5. The Morgan fingerprint density at radius 1 is 1.38 bits per heavy atom. The Balaban J connectivity index is 2.21. The van der Waals surface area contributed by atoms with Crippen LogP contribution in [-0.2, 0) is 0 Å². The number of amides is 1. The van der Waals surface area contributed by atoms with Crippen LogP contribution in [-0.4, -0.2) is 51.8 Å². The lowest BCUT2D eigenvalue weighted by Crippen LogP contribution is -2.24. The van der Waals surface area contributed by atoms with Crippen molar-refractivity contribution >= 4 is 16.8 Å². The Labute approximate surface area is 140 Å². The van der Waals surface area contributed by atoms with Gasteiger partial charge in [-0.25, -0.2) is 4.98 Å². The summed E-state index contributed by atoms with van der Waals surface area (Å²) in [6.45, 7) is 4.09. The maximum Gasteiger partial charge on any atom is 0.269 e. The minimum absolute atomic E-state index is 0.0418. The Hall–Kier alpha value is -2.83. The van der Waals surface area contributed by atoms with Crippen LogP contribution in [0.25, 0.3) is 22.2 Å². The third kappa shape index (κ3) is 2.51. The van der Waals surface area contributed by atoms with E-state index in [0.29, 0.717) is 11.6 Å². The first kappa shape index (κ1) is 16.0. The number of nitrogens with zero attached hydrogens (tertiary/aromatic N) is 4. The van der Waals surface area contributed by atoms with Gasteiger partial charge in [0.15, 0.2) is 0 Å². The van der Waals surface area contributed by atoms with Crippen molar-refractivity contribution < 1.29 is 9.53 Å². The number of H-pyrrole nitrogens is 1. The Morgan fingerprint density at radius 2 is 2.12 bits per heavy atom. The van der Waals surface area contributed by atoms with Gasteiger partial charge in [-0.15, -0.1) is 0 Å². The Morgan fingerprint density at radius 3 is 2.75 bits per heavy atom. The van der Waals surface area contributed by atoms with Crippen LogP contribution in [0.15, 0.2) is 24.5 Å². The van der Waals surface area contributed by atoms with E-state index in [-0.39, 0.29) is 11.9 Å². The molecule has 0 aliphatic carbocycles. The SMILES string of the molecule is COc1nccc2[nH]nc(-c3cc(C(=O)N(C)C)n(C(C)C)c3)c12. The minimum atomic E-state index is -0.0418. The first-order valence-electron chi connectivity index (χ1n) is 7.75. The molecule has 0 radical (unpaired) electrons. The molecule has 7 nitrogen and oxygen atoms in total. The van der Waals surface area contributed by atoms with Crippen molar-refractivity contribution in [1.82, 2.24) is 24.6 Å². The van der Waals surface area contributed by atoms with Crippen LogP contribution in [0.4, 0.5) is 0 Å². The highest BCUT2D eigenvalue weighted by Gasteiger charge is 2.21. The largest absolute Gasteiger partial charge is 0.480 e. The van der Waals surface area contributed by atoms with Crippen molar-refractivity contribution in [2.45, 2.75) is 19.9 Å². The molecule has 0 bridgehead atoms. The summed E-state index contributed by atoms with van der Waals surface area (Å²) in [5.41, 5.74) is 3.05. The molecular weight excluding hydrogens is 306 g/mol. The van der Waals surface area contributed by atoms with Crippen LogP contribution < -0.4 is 4.74 Å². The predicted octanol–water partition coefficient (Wildman–Crippen LogP) is 2.72. The van der Waals surface area contributed by atoms with Gasteiger partial charge in [0.2, 0.25) is 5.88 Å². The maximum absolute atomic E-state index is 12.5. The summed E-state index contributed by atoms with van der Waals surface area (Å²) in [6.07, 6.45) is 3.62. The topological polar surface area (TPSA) is 76.0 Å². The average Bonchev–Trinajstić information content (AvgIpc) is 3.17. The highest BCUT2D eigenvalue weighted by atomic mass is 16.5. The molecule has 0 aliphatic heterocycles. The number of pyridine rings is 1. The zero-order valence-corrected chi connectivity index (χ0v) is 14.5. The fraction of sp³-hybridized carbons (Fsp3) is 0.353. The molecule has 0 unspecified atom stereocenters. The molecule has 3 heterocycles. The number of aromatic amines is 1. The molecule has 0 atom stereocenters. The van der Waals surface area contributed by atoms with Gasteiger partial charge < -0.3 is 14.2 Å². The zero-order chi connectivity index (χ0) is 17.4. The molecule has 1 N–H and O–H groups in total. The van der Waals surface area contributed by atoms with Crippen LogP contribution in [0.3, 0.4) is 0 Å². The van der Waals surface area contributed by atoms with Crippen LogP contribution in [0, 0.1) is 0 Å². The van der Waals surface area contributed by atoms with E-state index < -0.39 is 0 Å². The highest BCUT2D eigenvalue weighted by molar-refractivity contribution is 5.99. The lowest BCUT2D eigenvalue weighted by molar-refractivity contribution is 0.0815. The first-order valence-corrected chi connectivity index (χ1v) is 7.75. The van der Waals surface area contributed by atoms with E-state index in [1.807, 2.05) is 36.7 Å².